The number of hydrogen-bond donors (Lipinski definition) is 1. The molecule has 10 heteroatoms. The van der Waals surface area contributed by atoms with Crippen LogP contribution in [0.3, 0.4) is 0 Å². The van der Waals surface area contributed by atoms with E-state index in [-0.39, 0.29) is 11.9 Å². The average molecular weight is 429 g/mol. The smallest absolute Gasteiger partial charge is 0.370 e. The maximum Gasteiger partial charge on any atom is 0.439 e. The van der Waals surface area contributed by atoms with Crippen LogP contribution in [0.2, 0.25) is 5.02 Å². The lowest BCUT2D eigenvalue weighted by Gasteiger charge is -2.15. The normalized spacial score (nSPS) is 12.5. The number of pyridine rings is 2. The Hall–Kier alpha value is -3.04. The predicted molar refractivity (Wildman–Crippen MR) is 112 cm³/mol. The number of aromatic amines is 1. The monoisotopic (exact) mass is 428 g/mol. The molecule has 1 unspecified atom stereocenters. The number of nitrogens with zero attached hydrogens (tertiary/aromatic N) is 5. The van der Waals surface area contributed by atoms with Gasteiger partial charge in [-0.2, -0.15) is 0 Å². The maximum atomic E-state index is 11.4. The van der Waals surface area contributed by atoms with E-state index >= 15 is 0 Å². The van der Waals surface area contributed by atoms with Gasteiger partial charge in [-0.1, -0.05) is 30.6 Å². The van der Waals surface area contributed by atoms with Crippen LogP contribution in [-0.4, -0.2) is 36.3 Å². The first-order valence-electron chi connectivity index (χ1n) is 9.68. The van der Waals surface area contributed by atoms with E-state index in [1.807, 2.05) is 11.6 Å². The second-order valence-corrected chi connectivity index (χ2v) is 7.29. The van der Waals surface area contributed by atoms with E-state index in [4.69, 9.17) is 26.3 Å². The van der Waals surface area contributed by atoms with Gasteiger partial charge in [0.1, 0.15) is 17.6 Å². The Kier molecular flexibility index (Phi) is 5.65. The van der Waals surface area contributed by atoms with Crippen LogP contribution in [0.1, 0.15) is 38.6 Å². The number of hydrogen-bond acceptors (Lipinski definition) is 7. The summed E-state index contributed by atoms with van der Waals surface area (Å²) in [7, 11) is 1.93. The van der Waals surface area contributed by atoms with Crippen LogP contribution in [0.15, 0.2) is 33.8 Å². The van der Waals surface area contributed by atoms with E-state index in [0.717, 1.165) is 29.7 Å². The van der Waals surface area contributed by atoms with E-state index in [9.17, 15) is 4.79 Å². The number of halogens is 1. The van der Waals surface area contributed by atoms with E-state index in [1.165, 1.54) is 0 Å². The van der Waals surface area contributed by atoms with Crippen molar-refractivity contribution >= 4 is 22.6 Å². The number of ether oxygens (including phenoxy) is 1. The summed E-state index contributed by atoms with van der Waals surface area (Å²) < 4.78 is 12.6. The Morgan fingerprint density at radius 1 is 1.27 bits per heavy atom. The fourth-order valence-corrected chi connectivity index (χ4v) is 3.55. The van der Waals surface area contributed by atoms with E-state index in [2.05, 4.69) is 33.5 Å². The molecule has 0 saturated heterocycles. The fraction of sp³-hybridized carbons (Fsp3) is 0.350. The van der Waals surface area contributed by atoms with Gasteiger partial charge in [-0.15, -0.1) is 0 Å². The molecule has 156 valence electrons. The minimum atomic E-state index is -0.654. The molecule has 1 atom stereocenters. The molecule has 0 bridgehead atoms. The lowest BCUT2D eigenvalue weighted by Crippen LogP contribution is -2.10. The fourth-order valence-electron chi connectivity index (χ4n) is 3.38. The van der Waals surface area contributed by atoms with Crippen molar-refractivity contribution in [1.82, 2.24) is 29.7 Å². The summed E-state index contributed by atoms with van der Waals surface area (Å²) in [5.41, 5.74) is 3.26. The molecule has 0 radical (unpaired) electrons. The third kappa shape index (κ3) is 3.73. The first-order chi connectivity index (χ1) is 14.5. The second kappa shape index (κ2) is 8.37. The van der Waals surface area contributed by atoms with Gasteiger partial charge in [0.25, 0.3) is 0 Å². The Labute approximate surface area is 177 Å². The number of fused-ring (bicyclic) bond motifs is 1. The van der Waals surface area contributed by atoms with Crippen LogP contribution < -0.4 is 5.76 Å². The van der Waals surface area contributed by atoms with E-state index in [0.29, 0.717) is 28.5 Å². The van der Waals surface area contributed by atoms with Crippen molar-refractivity contribution in [2.45, 2.75) is 32.8 Å². The Morgan fingerprint density at radius 2 is 2.10 bits per heavy atom. The molecular weight excluding hydrogens is 408 g/mol. The van der Waals surface area contributed by atoms with E-state index < -0.39 is 5.76 Å². The van der Waals surface area contributed by atoms with Crippen molar-refractivity contribution in [1.29, 1.82) is 0 Å². The molecule has 0 aromatic carbocycles. The first kappa shape index (κ1) is 20.2. The van der Waals surface area contributed by atoms with Gasteiger partial charge < -0.3 is 9.30 Å². The molecule has 4 aromatic rings. The summed E-state index contributed by atoms with van der Waals surface area (Å²) >= 11 is 6.17. The number of rotatable bonds is 7. The van der Waals surface area contributed by atoms with Crippen molar-refractivity contribution in [3.63, 3.8) is 0 Å². The lowest BCUT2D eigenvalue weighted by atomic mass is 10.1. The van der Waals surface area contributed by atoms with Gasteiger partial charge in [-0.25, -0.2) is 14.8 Å². The number of aryl methyl sites for hydroxylation is 1. The molecule has 30 heavy (non-hydrogen) atoms. The van der Waals surface area contributed by atoms with Crippen molar-refractivity contribution in [2.24, 2.45) is 7.05 Å². The number of H-pyrrole nitrogens is 1. The largest absolute Gasteiger partial charge is 0.439 e. The summed E-state index contributed by atoms with van der Waals surface area (Å²) in [4.78, 5) is 27.7. The standard InChI is InChI=1S/C20H21ClN6O3/c1-4-6-29-15(5-2)19-24-13-8-14(18-25-20(28)30-26-18)23-16(17(13)27(19)3)11-7-12(21)10-22-9-11/h7-10,15H,4-6H2,1-3H3,(H,25,26,28). The predicted octanol–water partition coefficient (Wildman–Crippen LogP) is 3.90. The summed E-state index contributed by atoms with van der Waals surface area (Å²) in [5.74, 6) is 0.364. The molecule has 1 N–H and O–H groups in total. The molecule has 0 spiro atoms. The van der Waals surface area contributed by atoms with Gasteiger partial charge in [-0.05, 0) is 25.0 Å². The molecular formula is C20H21ClN6O3. The van der Waals surface area contributed by atoms with Gasteiger partial charge in [0.2, 0.25) is 5.82 Å². The zero-order valence-electron chi connectivity index (χ0n) is 16.8. The molecule has 9 nitrogen and oxygen atoms in total. The number of imidazole rings is 1. The molecule has 0 saturated carbocycles. The van der Waals surface area contributed by atoms with Gasteiger partial charge in [0.05, 0.1) is 21.7 Å². The zero-order chi connectivity index (χ0) is 21.3. The van der Waals surface area contributed by atoms with Crippen molar-refractivity contribution < 1.29 is 9.26 Å². The molecule has 4 rings (SSSR count). The highest BCUT2D eigenvalue weighted by atomic mass is 35.5. The van der Waals surface area contributed by atoms with Crippen molar-refractivity contribution in [2.75, 3.05) is 6.61 Å². The molecule has 0 aliphatic carbocycles. The average Bonchev–Trinajstić information content (AvgIpc) is 3.32. The Bertz CT molecular complexity index is 1250. The van der Waals surface area contributed by atoms with Gasteiger partial charge in [0.15, 0.2) is 0 Å². The third-order valence-corrected chi connectivity index (χ3v) is 4.94. The summed E-state index contributed by atoms with van der Waals surface area (Å²) in [6, 6.07) is 3.55. The molecule has 0 aliphatic heterocycles. The van der Waals surface area contributed by atoms with Gasteiger partial charge in [-0.3, -0.25) is 14.5 Å². The number of aromatic nitrogens is 6. The quantitative estimate of drug-likeness (QED) is 0.475. The van der Waals surface area contributed by atoms with Gasteiger partial charge in [0, 0.05) is 31.6 Å². The molecule has 4 aromatic heterocycles. The first-order valence-corrected chi connectivity index (χ1v) is 10.1. The highest BCUT2D eigenvalue weighted by Crippen LogP contribution is 2.33. The van der Waals surface area contributed by atoms with Crippen molar-refractivity contribution in [3.8, 4) is 22.8 Å². The van der Waals surface area contributed by atoms with Crippen LogP contribution in [0.4, 0.5) is 0 Å². The molecule has 4 heterocycles. The van der Waals surface area contributed by atoms with Crippen LogP contribution >= 0.6 is 11.6 Å². The maximum absolute atomic E-state index is 11.4. The van der Waals surface area contributed by atoms with Crippen LogP contribution in [0.25, 0.3) is 33.8 Å². The third-order valence-electron chi connectivity index (χ3n) is 4.73. The highest BCUT2D eigenvalue weighted by Gasteiger charge is 2.23. The summed E-state index contributed by atoms with van der Waals surface area (Å²) in [5, 5.41) is 4.25. The minimum Gasteiger partial charge on any atom is -0.370 e. The van der Waals surface area contributed by atoms with Crippen molar-refractivity contribution in [3.05, 3.63) is 45.9 Å². The Balaban J connectivity index is 1.97. The van der Waals surface area contributed by atoms with Gasteiger partial charge >= 0.3 is 5.76 Å². The second-order valence-electron chi connectivity index (χ2n) is 6.86. The van der Waals surface area contributed by atoms with E-state index in [1.54, 1.807) is 24.5 Å². The summed E-state index contributed by atoms with van der Waals surface area (Å²) in [6.45, 7) is 4.78. The Morgan fingerprint density at radius 3 is 2.77 bits per heavy atom. The lowest BCUT2D eigenvalue weighted by molar-refractivity contribution is 0.0429. The SMILES string of the molecule is CCCOC(CC)c1nc2cc(-c3noc(=O)[nH]3)nc(-c3cncc(Cl)c3)c2n1C. The number of nitrogens with one attached hydrogen (secondary N) is 1. The van der Waals surface area contributed by atoms with Crippen LogP contribution in [0.5, 0.6) is 0 Å². The van der Waals surface area contributed by atoms with Crippen LogP contribution in [-0.2, 0) is 11.8 Å². The topological polar surface area (TPSA) is 112 Å². The minimum absolute atomic E-state index is 0.150. The molecule has 0 aliphatic rings. The molecule has 0 amide bonds. The molecule has 0 fully saturated rings. The zero-order valence-corrected chi connectivity index (χ0v) is 17.6. The summed E-state index contributed by atoms with van der Waals surface area (Å²) in [6.07, 6.45) is 4.79. The highest BCUT2D eigenvalue weighted by molar-refractivity contribution is 6.30. The van der Waals surface area contributed by atoms with Crippen LogP contribution in [0, 0.1) is 0 Å².